The average Bonchev–Trinajstić information content (AvgIpc) is 2.93. The molecule has 23 heavy (non-hydrogen) atoms. The highest BCUT2D eigenvalue weighted by Gasteiger charge is 2.29. The first-order valence-electron chi connectivity index (χ1n) is 7.58. The van der Waals surface area contributed by atoms with Gasteiger partial charge in [0.1, 0.15) is 5.65 Å². The average molecular weight is 318 g/mol. The second kappa shape index (κ2) is 5.66. The van der Waals surface area contributed by atoms with Gasteiger partial charge in [0, 0.05) is 38.3 Å². The van der Waals surface area contributed by atoms with Crippen LogP contribution in [0, 0.1) is 17.1 Å². The minimum atomic E-state index is -0.812. The smallest absolute Gasteiger partial charge is 0.291 e. The summed E-state index contributed by atoms with van der Waals surface area (Å²) in [6, 6.07) is 3.89. The van der Waals surface area contributed by atoms with Gasteiger partial charge >= 0.3 is 0 Å². The highest BCUT2D eigenvalue weighted by atomic mass is 19.1. The molecule has 0 radical (unpaired) electrons. The van der Waals surface area contributed by atoms with E-state index < -0.39 is 11.4 Å². The first kappa shape index (κ1) is 15.5. The second-order valence-electron chi connectivity index (χ2n) is 6.05. The lowest BCUT2D eigenvalue weighted by Gasteiger charge is -2.39. The monoisotopic (exact) mass is 318 g/mol. The van der Waals surface area contributed by atoms with Gasteiger partial charge in [-0.1, -0.05) is 0 Å². The lowest BCUT2D eigenvalue weighted by molar-refractivity contribution is 0.412. The number of halogens is 1. The Labute approximate surface area is 132 Å². The van der Waals surface area contributed by atoms with Gasteiger partial charge in [-0.05, 0) is 13.8 Å². The van der Waals surface area contributed by atoms with Gasteiger partial charge in [-0.3, -0.25) is 9.36 Å². The molecule has 2 atom stereocenters. The third-order valence-electron chi connectivity index (χ3n) is 4.27. The van der Waals surface area contributed by atoms with Crippen molar-refractivity contribution >= 4 is 11.5 Å². The van der Waals surface area contributed by atoms with E-state index in [0.29, 0.717) is 24.4 Å². The maximum Gasteiger partial charge on any atom is 0.291 e. The number of hydrogen-bond acceptors (Lipinski definition) is 5. The Morgan fingerprint density at radius 3 is 2.96 bits per heavy atom. The van der Waals surface area contributed by atoms with E-state index in [1.54, 1.807) is 6.07 Å². The number of aryl methyl sites for hydroxylation is 1. The van der Waals surface area contributed by atoms with Crippen LogP contribution in [0.15, 0.2) is 10.9 Å². The molecule has 2 aromatic rings. The largest absolute Gasteiger partial charge is 0.348 e. The normalized spacial score (nSPS) is 21.6. The number of nitrogens with zero attached hydrogens (tertiary/aromatic N) is 5. The molecule has 2 aromatic heterocycles. The summed E-state index contributed by atoms with van der Waals surface area (Å²) in [7, 11) is 1.51. The number of nitriles is 1. The zero-order chi connectivity index (χ0) is 16.7. The third kappa shape index (κ3) is 2.47. The van der Waals surface area contributed by atoms with Crippen LogP contribution in [0.5, 0.6) is 0 Å². The lowest BCUT2D eigenvalue weighted by atomic mass is 10.1. The van der Waals surface area contributed by atoms with Gasteiger partial charge in [0.15, 0.2) is 5.82 Å². The number of anilines is 1. The van der Waals surface area contributed by atoms with Gasteiger partial charge in [-0.15, -0.1) is 0 Å². The van der Waals surface area contributed by atoms with Crippen molar-refractivity contribution < 1.29 is 4.39 Å². The summed E-state index contributed by atoms with van der Waals surface area (Å²) in [5, 5.41) is 16.5. The van der Waals surface area contributed by atoms with Gasteiger partial charge < -0.3 is 10.2 Å². The Hall–Kier alpha value is -2.40. The van der Waals surface area contributed by atoms with Crippen molar-refractivity contribution in [1.82, 2.24) is 19.5 Å². The van der Waals surface area contributed by atoms with E-state index in [4.69, 9.17) is 5.26 Å². The Bertz CT molecular complexity index is 848. The quantitative estimate of drug-likeness (QED) is 0.868. The van der Waals surface area contributed by atoms with E-state index in [-0.39, 0.29) is 24.3 Å². The van der Waals surface area contributed by atoms with Crippen LogP contribution in [0.3, 0.4) is 0 Å². The van der Waals surface area contributed by atoms with Crippen molar-refractivity contribution in [2.75, 3.05) is 18.0 Å². The summed E-state index contributed by atoms with van der Waals surface area (Å²) in [6.45, 7) is 5.26. The molecule has 0 aliphatic carbocycles. The Balaban J connectivity index is 2.26. The van der Waals surface area contributed by atoms with E-state index in [0.717, 1.165) is 0 Å². The summed E-state index contributed by atoms with van der Waals surface area (Å²) in [4.78, 5) is 14.1. The third-order valence-corrected chi connectivity index (χ3v) is 4.27. The van der Waals surface area contributed by atoms with Crippen LogP contribution in [0.25, 0.3) is 5.65 Å². The molecule has 1 aliphatic rings. The Morgan fingerprint density at radius 2 is 2.26 bits per heavy atom. The predicted octanol–water partition coefficient (Wildman–Crippen LogP) is 0.425. The number of piperazine rings is 1. The Kier molecular flexibility index (Phi) is 3.82. The van der Waals surface area contributed by atoms with Crippen molar-refractivity contribution in [2.24, 2.45) is 7.05 Å². The summed E-state index contributed by atoms with van der Waals surface area (Å²) in [5.41, 5.74) is 0.314. The molecule has 1 saturated heterocycles. The van der Waals surface area contributed by atoms with Crippen molar-refractivity contribution in [2.45, 2.75) is 32.4 Å². The number of fused-ring (bicyclic) bond motifs is 1. The number of rotatable bonds is 2. The van der Waals surface area contributed by atoms with E-state index >= 15 is 0 Å². The van der Waals surface area contributed by atoms with Crippen LogP contribution < -0.4 is 15.8 Å². The van der Waals surface area contributed by atoms with Crippen molar-refractivity contribution in [3.05, 3.63) is 27.9 Å². The molecule has 8 heteroatoms. The molecule has 0 unspecified atom stereocenters. The van der Waals surface area contributed by atoms with Crippen LogP contribution in [0.2, 0.25) is 0 Å². The number of nitrogens with one attached hydrogen (secondary N) is 1. The minimum Gasteiger partial charge on any atom is -0.348 e. The molecule has 122 valence electrons. The minimum absolute atomic E-state index is 0.0274. The lowest BCUT2D eigenvalue weighted by Crippen LogP contribution is -2.55. The zero-order valence-electron chi connectivity index (χ0n) is 13.4. The topological polar surface area (TPSA) is 78.4 Å². The fourth-order valence-electron chi connectivity index (χ4n) is 2.99. The molecule has 3 rings (SSSR count). The van der Waals surface area contributed by atoms with Crippen molar-refractivity contribution in [3.8, 4) is 6.07 Å². The van der Waals surface area contributed by atoms with Crippen LogP contribution in [-0.4, -0.2) is 39.4 Å². The Morgan fingerprint density at radius 1 is 1.52 bits per heavy atom. The van der Waals surface area contributed by atoms with Crippen molar-refractivity contribution in [1.29, 1.82) is 5.26 Å². The van der Waals surface area contributed by atoms with Crippen molar-refractivity contribution in [3.63, 3.8) is 0 Å². The molecule has 3 heterocycles. The summed E-state index contributed by atoms with van der Waals surface area (Å²) >= 11 is 0. The molecule has 0 bridgehead atoms. The molecule has 1 N–H and O–H groups in total. The predicted molar refractivity (Wildman–Crippen MR) is 84.0 cm³/mol. The van der Waals surface area contributed by atoms with Gasteiger partial charge in [0.05, 0.1) is 18.2 Å². The highest BCUT2D eigenvalue weighted by molar-refractivity contribution is 5.53. The SMILES string of the molecule is C[C@@H]1CN(c2c(F)c(=O)n(C)c3cc(CC#N)nn23)[C@@H](C)CN1. The molecule has 1 fully saturated rings. The maximum atomic E-state index is 14.8. The van der Waals surface area contributed by atoms with E-state index in [2.05, 4.69) is 10.4 Å². The van der Waals surface area contributed by atoms with E-state index in [1.165, 1.54) is 16.1 Å². The van der Waals surface area contributed by atoms with Crippen LogP contribution in [0.4, 0.5) is 10.2 Å². The molecule has 0 amide bonds. The first-order chi connectivity index (χ1) is 10.9. The molecule has 0 spiro atoms. The second-order valence-corrected chi connectivity index (χ2v) is 6.05. The molecule has 7 nitrogen and oxygen atoms in total. The standard InChI is InChI=1S/C15H19FN6O/c1-9-8-21(10(2)7-18-9)14-13(16)15(23)20(3)12-6-11(4-5-17)19-22(12)14/h6,9-10,18H,4,7-8H2,1-3H3/t9-,10+/m1/s1. The first-order valence-corrected chi connectivity index (χ1v) is 7.58. The molecule has 1 aliphatic heterocycles. The fourth-order valence-corrected chi connectivity index (χ4v) is 2.99. The summed E-state index contributed by atoms with van der Waals surface area (Å²) in [6.07, 6.45) is 0.116. The van der Waals surface area contributed by atoms with Crippen LogP contribution in [0.1, 0.15) is 19.5 Å². The highest BCUT2D eigenvalue weighted by Crippen LogP contribution is 2.23. The van der Waals surface area contributed by atoms with E-state index in [9.17, 15) is 9.18 Å². The van der Waals surface area contributed by atoms with Crippen LogP contribution >= 0.6 is 0 Å². The summed E-state index contributed by atoms with van der Waals surface area (Å²) < 4.78 is 17.4. The van der Waals surface area contributed by atoms with E-state index in [1.807, 2.05) is 24.8 Å². The van der Waals surface area contributed by atoms with Crippen LogP contribution in [-0.2, 0) is 13.5 Å². The molecule has 0 aromatic carbocycles. The number of hydrogen-bond donors (Lipinski definition) is 1. The molecule has 0 saturated carbocycles. The zero-order valence-corrected chi connectivity index (χ0v) is 13.4. The molecular weight excluding hydrogens is 299 g/mol. The molecular formula is C15H19FN6O. The fraction of sp³-hybridized carbons (Fsp3) is 0.533. The van der Waals surface area contributed by atoms with Gasteiger partial charge in [0.25, 0.3) is 5.56 Å². The van der Waals surface area contributed by atoms with Gasteiger partial charge in [-0.25, -0.2) is 0 Å². The van der Waals surface area contributed by atoms with Gasteiger partial charge in [-0.2, -0.15) is 19.3 Å². The number of aromatic nitrogens is 3. The van der Waals surface area contributed by atoms with Gasteiger partial charge in [0.2, 0.25) is 5.82 Å². The maximum absolute atomic E-state index is 14.8. The summed E-state index contributed by atoms with van der Waals surface area (Å²) in [5.74, 6) is -0.638.